The summed E-state index contributed by atoms with van der Waals surface area (Å²) in [6.07, 6.45) is 6.01. The summed E-state index contributed by atoms with van der Waals surface area (Å²) in [5.74, 6) is -1.10. The van der Waals surface area contributed by atoms with E-state index in [1.807, 2.05) is 0 Å². The molecule has 0 saturated carbocycles. The van der Waals surface area contributed by atoms with Crippen LogP contribution in [0.1, 0.15) is 10.4 Å². The molecule has 0 spiro atoms. The van der Waals surface area contributed by atoms with Crippen molar-refractivity contribution in [1.29, 1.82) is 0 Å². The first kappa shape index (κ1) is 18.7. The Morgan fingerprint density at radius 2 is 1.93 bits per heavy atom. The lowest BCUT2D eigenvalue weighted by Gasteiger charge is -2.14. The van der Waals surface area contributed by atoms with Gasteiger partial charge in [-0.3, -0.25) is 9.98 Å². The summed E-state index contributed by atoms with van der Waals surface area (Å²) in [7, 11) is 0. The minimum Gasteiger partial charge on any atom is -0.478 e. The quantitative estimate of drug-likeness (QED) is 0.513. The number of aliphatic imine (C=N–C) groups is 1. The molecule has 0 aliphatic carbocycles. The Hall–Kier alpha value is -3.09. The van der Waals surface area contributed by atoms with E-state index in [1.54, 1.807) is 42.6 Å². The van der Waals surface area contributed by atoms with Gasteiger partial charge in [0.25, 0.3) is 0 Å². The van der Waals surface area contributed by atoms with Crippen LogP contribution in [0.15, 0.2) is 59.9 Å². The van der Waals surface area contributed by atoms with Crippen LogP contribution >= 0.6 is 23.2 Å². The molecule has 6 nitrogen and oxygen atoms in total. The number of aromatic carboxylic acids is 1. The highest BCUT2D eigenvalue weighted by Gasteiger charge is 2.15. The lowest BCUT2D eigenvalue weighted by Crippen LogP contribution is -2.03. The third kappa shape index (κ3) is 4.19. The molecule has 4 N–H and O–H groups in total. The minimum absolute atomic E-state index is 0.0336. The highest BCUT2D eigenvalue weighted by molar-refractivity contribution is 6.31. The average Bonchev–Trinajstić information content (AvgIpc) is 2.64. The predicted octanol–water partition coefficient (Wildman–Crippen LogP) is 5.16. The summed E-state index contributed by atoms with van der Waals surface area (Å²) in [6.45, 7) is 0. The summed E-state index contributed by atoms with van der Waals surface area (Å²) < 4.78 is 0. The predicted molar refractivity (Wildman–Crippen MR) is 110 cm³/mol. The van der Waals surface area contributed by atoms with Gasteiger partial charge in [0.2, 0.25) is 0 Å². The van der Waals surface area contributed by atoms with Crippen molar-refractivity contribution in [1.82, 2.24) is 4.98 Å². The SMILES string of the molecule is NC=CC=Nc1cnc2ccc(Cl)cc2c1Nc1ccc(Cl)cc1C(=O)O. The number of anilines is 2. The summed E-state index contributed by atoms with van der Waals surface area (Å²) in [5, 5.41) is 14.2. The first-order valence-electron chi connectivity index (χ1n) is 7.78. The van der Waals surface area contributed by atoms with Gasteiger partial charge in [-0.1, -0.05) is 23.2 Å². The van der Waals surface area contributed by atoms with Crippen LogP contribution in [0.4, 0.5) is 17.1 Å². The molecule has 27 heavy (non-hydrogen) atoms. The van der Waals surface area contributed by atoms with Gasteiger partial charge in [0.15, 0.2) is 0 Å². The maximum absolute atomic E-state index is 11.6. The van der Waals surface area contributed by atoms with E-state index in [0.717, 1.165) is 0 Å². The maximum Gasteiger partial charge on any atom is 0.337 e. The molecular weight excluding hydrogens is 387 g/mol. The van der Waals surface area contributed by atoms with Crippen LogP contribution in [0.2, 0.25) is 10.0 Å². The van der Waals surface area contributed by atoms with Gasteiger partial charge in [0.1, 0.15) is 5.69 Å². The van der Waals surface area contributed by atoms with E-state index in [0.29, 0.717) is 38.0 Å². The molecule has 3 aromatic rings. The topological polar surface area (TPSA) is 101 Å². The second kappa shape index (κ2) is 8.07. The van der Waals surface area contributed by atoms with Gasteiger partial charge in [-0.2, -0.15) is 0 Å². The van der Waals surface area contributed by atoms with Crippen LogP contribution in [0.25, 0.3) is 10.9 Å². The molecule has 1 aromatic heterocycles. The van der Waals surface area contributed by atoms with Crippen molar-refractivity contribution in [3.63, 3.8) is 0 Å². The number of fused-ring (bicyclic) bond motifs is 1. The number of halogens is 2. The largest absolute Gasteiger partial charge is 0.478 e. The van der Waals surface area contributed by atoms with Crippen molar-refractivity contribution < 1.29 is 9.90 Å². The molecule has 0 radical (unpaired) electrons. The second-order valence-electron chi connectivity index (χ2n) is 5.46. The van der Waals surface area contributed by atoms with Crippen molar-refractivity contribution in [2.75, 3.05) is 5.32 Å². The van der Waals surface area contributed by atoms with Gasteiger partial charge in [-0.25, -0.2) is 4.79 Å². The molecule has 0 aliphatic rings. The molecule has 0 atom stereocenters. The zero-order chi connectivity index (χ0) is 19.4. The van der Waals surface area contributed by atoms with Crippen LogP contribution in [0.5, 0.6) is 0 Å². The zero-order valence-electron chi connectivity index (χ0n) is 13.9. The first-order chi connectivity index (χ1) is 13.0. The number of carboxylic acid groups (broad SMARTS) is 1. The van der Waals surface area contributed by atoms with Crippen LogP contribution in [-0.4, -0.2) is 22.3 Å². The van der Waals surface area contributed by atoms with Crippen LogP contribution in [0.3, 0.4) is 0 Å². The van der Waals surface area contributed by atoms with Crippen LogP contribution in [-0.2, 0) is 0 Å². The number of carboxylic acids is 1. The number of rotatable bonds is 5. The van der Waals surface area contributed by atoms with Crippen molar-refractivity contribution in [3.05, 3.63) is 70.5 Å². The number of nitrogens with one attached hydrogen (secondary N) is 1. The average molecular weight is 401 g/mol. The van der Waals surface area contributed by atoms with Gasteiger partial charge in [-0.05, 0) is 48.7 Å². The Kier molecular flexibility index (Phi) is 5.59. The van der Waals surface area contributed by atoms with Crippen LogP contribution < -0.4 is 11.1 Å². The molecule has 0 bridgehead atoms. The Balaban J connectivity index is 2.21. The third-order valence-corrected chi connectivity index (χ3v) is 4.16. The smallest absolute Gasteiger partial charge is 0.337 e. The number of nitrogens with zero attached hydrogens (tertiary/aromatic N) is 2. The van der Waals surface area contributed by atoms with Crippen LogP contribution in [0, 0.1) is 0 Å². The van der Waals surface area contributed by atoms with E-state index in [9.17, 15) is 9.90 Å². The van der Waals surface area contributed by atoms with Gasteiger partial charge >= 0.3 is 5.97 Å². The Bertz CT molecular complexity index is 1080. The molecule has 0 aliphatic heterocycles. The molecule has 1 heterocycles. The summed E-state index contributed by atoms with van der Waals surface area (Å²) in [4.78, 5) is 20.3. The Labute approximate surface area is 165 Å². The maximum atomic E-state index is 11.6. The van der Waals surface area contributed by atoms with Crippen molar-refractivity contribution in [2.24, 2.45) is 10.7 Å². The minimum atomic E-state index is -1.10. The molecular formula is C19H14Cl2N4O2. The van der Waals surface area contributed by atoms with Crippen molar-refractivity contribution >= 4 is 63.4 Å². The number of benzene rings is 2. The Morgan fingerprint density at radius 3 is 2.67 bits per heavy atom. The molecule has 0 amide bonds. The number of pyridine rings is 1. The highest BCUT2D eigenvalue weighted by atomic mass is 35.5. The summed E-state index contributed by atoms with van der Waals surface area (Å²) in [5.41, 5.74) is 7.47. The number of aromatic nitrogens is 1. The molecule has 8 heteroatoms. The fraction of sp³-hybridized carbons (Fsp3) is 0. The number of carbonyl (C=O) groups is 1. The molecule has 0 unspecified atom stereocenters. The van der Waals surface area contributed by atoms with Crippen molar-refractivity contribution in [2.45, 2.75) is 0 Å². The molecule has 0 fully saturated rings. The van der Waals surface area contributed by atoms with Crippen molar-refractivity contribution in [3.8, 4) is 0 Å². The lowest BCUT2D eigenvalue weighted by atomic mass is 10.1. The number of hydrogen-bond acceptors (Lipinski definition) is 5. The number of hydrogen-bond donors (Lipinski definition) is 3. The number of nitrogens with two attached hydrogens (primary N) is 1. The third-order valence-electron chi connectivity index (χ3n) is 3.69. The second-order valence-corrected chi connectivity index (χ2v) is 6.34. The highest BCUT2D eigenvalue weighted by Crippen LogP contribution is 2.36. The standard InChI is InChI=1S/C19H14Cl2N4O2/c20-11-2-4-15-13(8-11)18(17(10-24-15)23-7-1-6-22)25-16-5-3-12(21)9-14(16)19(26)27/h1-10H,22H2,(H,24,25)(H,26,27). The van der Waals surface area contributed by atoms with E-state index in [1.165, 1.54) is 18.5 Å². The van der Waals surface area contributed by atoms with E-state index < -0.39 is 5.97 Å². The molecule has 2 aromatic carbocycles. The fourth-order valence-corrected chi connectivity index (χ4v) is 2.84. The molecule has 0 saturated heterocycles. The van der Waals surface area contributed by atoms with E-state index in [-0.39, 0.29) is 5.56 Å². The monoisotopic (exact) mass is 400 g/mol. The van der Waals surface area contributed by atoms with Gasteiger partial charge < -0.3 is 16.2 Å². The normalized spacial score (nSPS) is 11.5. The zero-order valence-corrected chi connectivity index (χ0v) is 15.4. The summed E-state index contributed by atoms with van der Waals surface area (Å²) >= 11 is 12.1. The fourth-order valence-electron chi connectivity index (χ4n) is 2.49. The lowest BCUT2D eigenvalue weighted by molar-refractivity contribution is 0.0698. The van der Waals surface area contributed by atoms with Gasteiger partial charge in [0, 0.05) is 21.6 Å². The van der Waals surface area contributed by atoms with E-state index in [2.05, 4.69) is 15.3 Å². The molecule has 3 rings (SSSR count). The number of allylic oxidation sites excluding steroid dienone is 1. The molecule has 136 valence electrons. The van der Waals surface area contributed by atoms with E-state index in [4.69, 9.17) is 28.9 Å². The Morgan fingerprint density at radius 1 is 1.19 bits per heavy atom. The van der Waals surface area contributed by atoms with E-state index >= 15 is 0 Å². The van der Waals surface area contributed by atoms with Gasteiger partial charge in [0.05, 0.1) is 28.7 Å². The first-order valence-corrected chi connectivity index (χ1v) is 8.54. The summed E-state index contributed by atoms with van der Waals surface area (Å²) in [6, 6.07) is 9.81. The van der Waals surface area contributed by atoms with Gasteiger partial charge in [-0.15, -0.1) is 0 Å².